The minimum Gasteiger partial charge on any atom is -0.385 e. The molecular formula is C28H42N4O3. The minimum atomic E-state index is -0.216. The van der Waals surface area contributed by atoms with Gasteiger partial charge in [0, 0.05) is 38.2 Å². The lowest BCUT2D eigenvalue weighted by atomic mass is 9.92. The van der Waals surface area contributed by atoms with Gasteiger partial charge >= 0.3 is 0 Å². The van der Waals surface area contributed by atoms with Crippen LogP contribution in [0.4, 0.5) is 5.82 Å². The zero-order valence-corrected chi connectivity index (χ0v) is 22.1. The number of benzene rings is 1. The number of rotatable bonds is 11. The van der Waals surface area contributed by atoms with Crippen molar-refractivity contribution in [3.8, 4) is 5.69 Å². The molecule has 1 N–H and O–H groups in total. The molecule has 1 aliphatic rings. The largest absolute Gasteiger partial charge is 0.385 e. The molecule has 2 amide bonds. The smallest absolute Gasteiger partial charge is 0.245 e. The van der Waals surface area contributed by atoms with E-state index in [1.54, 1.807) is 16.7 Å². The Labute approximate surface area is 210 Å². The SMILES string of the molecule is COCCCN(CC(=O)Nc1cc(C(C)(C)C)nn1-c1ccccc1C)C(=O)CCC1CCCC1. The van der Waals surface area contributed by atoms with Crippen LogP contribution in [0.25, 0.3) is 5.69 Å². The molecule has 0 unspecified atom stereocenters. The van der Waals surface area contributed by atoms with Crippen LogP contribution in [0.15, 0.2) is 30.3 Å². The van der Waals surface area contributed by atoms with Crippen molar-refractivity contribution in [3.63, 3.8) is 0 Å². The monoisotopic (exact) mass is 482 g/mol. The van der Waals surface area contributed by atoms with Crippen LogP contribution in [-0.2, 0) is 19.7 Å². The number of hydrogen-bond donors (Lipinski definition) is 1. The van der Waals surface area contributed by atoms with E-state index in [2.05, 4.69) is 26.1 Å². The summed E-state index contributed by atoms with van der Waals surface area (Å²) in [6, 6.07) is 9.91. The van der Waals surface area contributed by atoms with E-state index in [-0.39, 0.29) is 23.8 Å². The van der Waals surface area contributed by atoms with Crippen LogP contribution in [0.1, 0.15) is 77.0 Å². The van der Waals surface area contributed by atoms with E-state index in [4.69, 9.17) is 9.84 Å². The van der Waals surface area contributed by atoms with Crippen molar-refractivity contribution in [3.05, 3.63) is 41.6 Å². The normalized spacial score (nSPS) is 14.3. The lowest BCUT2D eigenvalue weighted by Crippen LogP contribution is -2.39. The lowest BCUT2D eigenvalue weighted by molar-refractivity contribution is -0.135. The third-order valence-electron chi connectivity index (χ3n) is 6.79. The molecule has 1 saturated carbocycles. The molecule has 1 aromatic heterocycles. The first-order chi connectivity index (χ1) is 16.7. The van der Waals surface area contributed by atoms with Crippen molar-refractivity contribution >= 4 is 17.6 Å². The van der Waals surface area contributed by atoms with Gasteiger partial charge in [-0.15, -0.1) is 0 Å². The predicted octanol–water partition coefficient (Wildman–Crippen LogP) is 5.25. The number of carbonyl (C=O) groups is 2. The molecule has 7 heteroatoms. The van der Waals surface area contributed by atoms with Crippen LogP contribution in [-0.4, -0.2) is 53.3 Å². The average molecular weight is 483 g/mol. The Morgan fingerprint density at radius 1 is 1.20 bits per heavy atom. The molecule has 0 radical (unpaired) electrons. The summed E-state index contributed by atoms with van der Waals surface area (Å²) in [5.74, 6) is 1.09. The zero-order chi connectivity index (χ0) is 25.4. The van der Waals surface area contributed by atoms with E-state index in [0.29, 0.717) is 37.7 Å². The van der Waals surface area contributed by atoms with E-state index >= 15 is 0 Å². The number of aryl methyl sites for hydroxylation is 1. The number of hydrogen-bond acceptors (Lipinski definition) is 4. The number of para-hydroxylation sites is 1. The number of methoxy groups -OCH3 is 1. The van der Waals surface area contributed by atoms with Crippen LogP contribution in [0.3, 0.4) is 0 Å². The summed E-state index contributed by atoms with van der Waals surface area (Å²) in [7, 11) is 1.65. The number of aromatic nitrogens is 2. The second-order valence-electron chi connectivity index (χ2n) is 10.8. The van der Waals surface area contributed by atoms with Gasteiger partial charge in [-0.25, -0.2) is 4.68 Å². The van der Waals surface area contributed by atoms with E-state index in [1.807, 2.05) is 37.3 Å². The summed E-state index contributed by atoms with van der Waals surface area (Å²) in [5.41, 5.74) is 2.70. The highest BCUT2D eigenvalue weighted by Gasteiger charge is 2.24. The molecule has 35 heavy (non-hydrogen) atoms. The standard InChI is InChI=1S/C28H42N4O3/c1-21-11-6-9-14-23(21)32-25(19-24(30-32)28(2,3)4)29-26(33)20-31(17-10-18-35-5)27(34)16-15-22-12-7-8-13-22/h6,9,11,14,19,22H,7-8,10,12-13,15-18,20H2,1-5H3,(H,29,33). The molecule has 192 valence electrons. The fourth-order valence-corrected chi connectivity index (χ4v) is 4.65. The first-order valence-electron chi connectivity index (χ1n) is 12.9. The van der Waals surface area contributed by atoms with Crippen LogP contribution < -0.4 is 5.32 Å². The molecule has 0 atom stereocenters. The third kappa shape index (κ3) is 7.66. The fraction of sp³-hybridized carbons (Fsp3) is 0.607. The van der Waals surface area contributed by atoms with Gasteiger partial charge in [0.25, 0.3) is 0 Å². The second kappa shape index (κ2) is 12.3. The van der Waals surface area contributed by atoms with Gasteiger partial charge in [0.1, 0.15) is 5.82 Å². The van der Waals surface area contributed by atoms with E-state index in [0.717, 1.165) is 23.4 Å². The summed E-state index contributed by atoms with van der Waals surface area (Å²) in [4.78, 5) is 27.9. The molecule has 1 heterocycles. The topological polar surface area (TPSA) is 76.5 Å². The molecule has 2 aromatic rings. The van der Waals surface area contributed by atoms with Gasteiger partial charge in [-0.2, -0.15) is 5.10 Å². The van der Waals surface area contributed by atoms with Gasteiger partial charge < -0.3 is 15.0 Å². The van der Waals surface area contributed by atoms with Crippen LogP contribution in [0, 0.1) is 12.8 Å². The summed E-state index contributed by atoms with van der Waals surface area (Å²) in [6.07, 6.45) is 7.09. The molecule has 7 nitrogen and oxygen atoms in total. The van der Waals surface area contributed by atoms with Crippen molar-refractivity contribution in [2.45, 2.75) is 78.1 Å². The number of nitrogens with one attached hydrogen (secondary N) is 1. The molecule has 1 fully saturated rings. The molecule has 1 aliphatic carbocycles. The van der Waals surface area contributed by atoms with Gasteiger partial charge in [-0.3, -0.25) is 9.59 Å². The average Bonchev–Trinajstić information content (AvgIpc) is 3.47. The number of anilines is 1. The van der Waals surface area contributed by atoms with Crippen LogP contribution >= 0.6 is 0 Å². The highest BCUT2D eigenvalue weighted by molar-refractivity contribution is 5.94. The molecule has 1 aromatic carbocycles. The Hall–Kier alpha value is -2.67. The Kier molecular flexibility index (Phi) is 9.49. The first kappa shape index (κ1) is 26.9. The number of nitrogens with zero attached hydrogens (tertiary/aromatic N) is 3. The Balaban J connectivity index is 1.74. The Morgan fingerprint density at radius 2 is 1.91 bits per heavy atom. The maximum atomic E-state index is 13.2. The van der Waals surface area contributed by atoms with Crippen molar-refractivity contribution in [2.75, 3.05) is 32.1 Å². The second-order valence-corrected chi connectivity index (χ2v) is 10.8. The third-order valence-corrected chi connectivity index (χ3v) is 6.79. The van der Waals surface area contributed by atoms with Crippen LogP contribution in [0.5, 0.6) is 0 Å². The molecule has 0 saturated heterocycles. The van der Waals surface area contributed by atoms with Gasteiger partial charge in [0.05, 0.1) is 17.9 Å². The molecular weight excluding hydrogens is 440 g/mol. The summed E-state index contributed by atoms with van der Waals surface area (Å²) < 4.78 is 6.97. The van der Waals surface area contributed by atoms with Gasteiger partial charge in [0.2, 0.25) is 11.8 Å². The van der Waals surface area contributed by atoms with E-state index in [9.17, 15) is 9.59 Å². The van der Waals surface area contributed by atoms with Gasteiger partial charge in [-0.1, -0.05) is 64.7 Å². The van der Waals surface area contributed by atoms with Crippen molar-refractivity contribution in [1.29, 1.82) is 0 Å². The molecule has 0 bridgehead atoms. The highest BCUT2D eigenvalue weighted by Crippen LogP contribution is 2.29. The minimum absolute atomic E-state index is 0.0248. The Bertz CT molecular complexity index is 986. The maximum absolute atomic E-state index is 13.2. The fourth-order valence-electron chi connectivity index (χ4n) is 4.65. The quantitative estimate of drug-likeness (QED) is 0.444. The predicted molar refractivity (Wildman–Crippen MR) is 140 cm³/mol. The Morgan fingerprint density at radius 3 is 2.57 bits per heavy atom. The van der Waals surface area contributed by atoms with E-state index < -0.39 is 0 Å². The van der Waals surface area contributed by atoms with Gasteiger partial charge in [-0.05, 0) is 37.3 Å². The van der Waals surface area contributed by atoms with Crippen LogP contribution in [0.2, 0.25) is 0 Å². The van der Waals surface area contributed by atoms with Crippen molar-refractivity contribution in [2.24, 2.45) is 5.92 Å². The maximum Gasteiger partial charge on any atom is 0.245 e. The number of carbonyl (C=O) groups excluding carboxylic acids is 2. The summed E-state index contributed by atoms with van der Waals surface area (Å²) >= 11 is 0. The van der Waals surface area contributed by atoms with Crippen molar-refractivity contribution in [1.82, 2.24) is 14.7 Å². The number of amides is 2. The summed E-state index contributed by atoms with van der Waals surface area (Å²) in [6.45, 7) is 9.42. The first-order valence-corrected chi connectivity index (χ1v) is 12.9. The molecule has 0 spiro atoms. The van der Waals surface area contributed by atoms with Crippen molar-refractivity contribution < 1.29 is 14.3 Å². The van der Waals surface area contributed by atoms with E-state index in [1.165, 1.54) is 25.7 Å². The zero-order valence-electron chi connectivity index (χ0n) is 22.1. The van der Waals surface area contributed by atoms with Gasteiger partial charge in [0.15, 0.2) is 0 Å². The highest BCUT2D eigenvalue weighted by atomic mass is 16.5. The summed E-state index contributed by atoms with van der Waals surface area (Å²) in [5, 5.41) is 7.86. The lowest BCUT2D eigenvalue weighted by Gasteiger charge is -2.23. The number of ether oxygens (including phenoxy) is 1. The molecule has 3 rings (SSSR count). The molecule has 0 aliphatic heterocycles.